The molecule has 2 atom stereocenters. The van der Waals surface area contributed by atoms with Gasteiger partial charge in [0.25, 0.3) is 0 Å². The summed E-state index contributed by atoms with van der Waals surface area (Å²) in [5.41, 5.74) is 0. The summed E-state index contributed by atoms with van der Waals surface area (Å²) >= 11 is 0. The van der Waals surface area contributed by atoms with E-state index in [1.807, 2.05) is 0 Å². The van der Waals surface area contributed by atoms with Crippen molar-refractivity contribution in [3.8, 4) is 0 Å². The summed E-state index contributed by atoms with van der Waals surface area (Å²) in [6.07, 6.45) is 40.2. The molecule has 0 aliphatic heterocycles. The van der Waals surface area contributed by atoms with Gasteiger partial charge in [-0.25, -0.2) is 0 Å². The minimum absolute atomic E-state index is 0.109. The first-order valence-corrected chi connectivity index (χ1v) is 21.8. The van der Waals surface area contributed by atoms with E-state index in [9.17, 15) is 14.7 Å². The van der Waals surface area contributed by atoms with Crippen LogP contribution >= 0.6 is 0 Å². The van der Waals surface area contributed by atoms with Crippen molar-refractivity contribution >= 4 is 11.9 Å². The van der Waals surface area contributed by atoms with Crippen LogP contribution in [-0.4, -0.2) is 36.4 Å². The summed E-state index contributed by atoms with van der Waals surface area (Å²) in [6.45, 7) is 9.07. The molecule has 0 aromatic carbocycles. The fourth-order valence-corrected chi connectivity index (χ4v) is 6.60. The van der Waals surface area contributed by atoms with Crippen molar-refractivity contribution in [3.05, 3.63) is 0 Å². The first-order valence-electron chi connectivity index (χ1n) is 21.8. The molecule has 0 bridgehead atoms. The van der Waals surface area contributed by atoms with Gasteiger partial charge in [0.2, 0.25) is 0 Å². The lowest BCUT2D eigenvalue weighted by Gasteiger charge is -2.12. The van der Waals surface area contributed by atoms with E-state index in [0.29, 0.717) is 12.8 Å². The predicted octanol–water partition coefficient (Wildman–Crippen LogP) is 13.6. The highest BCUT2D eigenvalue weighted by molar-refractivity contribution is 5.69. The second-order valence-corrected chi connectivity index (χ2v) is 15.9. The fraction of sp³-hybridized carbons (Fsp3) is 0.955. The molecule has 0 saturated carbocycles. The van der Waals surface area contributed by atoms with Crippen molar-refractivity contribution in [1.29, 1.82) is 0 Å². The van der Waals surface area contributed by atoms with Gasteiger partial charge in [-0.3, -0.25) is 9.59 Å². The van der Waals surface area contributed by atoms with Crippen LogP contribution < -0.4 is 0 Å². The Morgan fingerprint density at radius 2 is 0.694 bits per heavy atom. The van der Waals surface area contributed by atoms with E-state index in [4.69, 9.17) is 9.47 Å². The van der Waals surface area contributed by atoms with Gasteiger partial charge in [0.1, 0.15) is 19.3 Å². The molecule has 0 aromatic rings. The molecular formula is C44H86O5. The molecule has 5 heteroatoms. The van der Waals surface area contributed by atoms with E-state index < -0.39 is 6.10 Å². The van der Waals surface area contributed by atoms with Gasteiger partial charge in [0.15, 0.2) is 0 Å². The lowest BCUT2D eigenvalue weighted by atomic mass is 9.99. The largest absolute Gasteiger partial charge is 0.463 e. The molecular weight excluding hydrogens is 608 g/mol. The maximum absolute atomic E-state index is 12.0. The number of hydrogen-bond acceptors (Lipinski definition) is 5. The number of esters is 2. The third-order valence-corrected chi connectivity index (χ3v) is 10.3. The number of carbonyl (C=O) groups is 2. The van der Waals surface area contributed by atoms with E-state index >= 15 is 0 Å². The number of rotatable bonds is 39. The average molecular weight is 695 g/mol. The molecule has 1 N–H and O–H groups in total. The summed E-state index contributed by atoms with van der Waals surface area (Å²) in [4.78, 5) is 24.0. The van der Waals surface area contributed by atoms with Crippen LogP contribution in [0.2, 0.25) is 0 Å². The highest BCUT2D eigenvalue weighted by Gasteiger charge is 2.12. The highest BCUT2D eigenvalue weighted by Crippen LogP contribution is 2.17. The van der Waals surface area contributed by atoms with Crippen LogP contribution in [0.1, 0.15) is 240 Å². The standard InChI is InChI=1S/C44H86O5/c1-5-41(4)35-31-27-23-19-14-12-10-8-6-7-9-11-13-15-20-24-28-32-36-43(46)48-38-42(45)39-49-44(47)37-33-29-25-21-17-16-18-22-26-30-34-40(2)3/h40-42,45H,5-39H2,1-4H3/t41?,42-/m1/s1. The van der Waals surface area contributed by atoms with Crippen molar-refractivity contribution in [2.24, 2.45) is 11.8 Å². The molecule has 0 fully saturated rings. The van der Waals surface area contributed by atoms with Crippen LogP contribution in [0.4, 0.5) is 0 Å². The van der Waals surface area contributed by atoms with Gasteiger partial charge in [-0.15, -0.1) is 0 Å². The molecule has 0 radical (unpaired) electrons. The third-order valence-electron chi connectivity index (χ3n) is 10.3. The number of aliphatic hydroxyl groups is 1. The quantitative estimate of drug-likeness (QED) is 0.0512. The van der Waals surface area contributed by atoms with Crippen molar-refractivity contribution in [2.45, 2.75) is 246 Å². The zero-order valence-corrected chi connectivity index (χ0v) is 33.6. The smallest absolute Gasteiger partial charge is 0.305 e. The van der Waals surface area contributed by atoms with E-state index in [2.05, 4.69) is 27.7 Å². The molecule has 49 heavy (non-hydrogen) atoms. The Hall–Kier alpha value is -1.10. The number of aliphatic hydroxyl groups excluding tert-OH is 1. The second kappa shape index (κ2) is 38.1. The monoisotopic (exact) mass is 695 g/mol. The second-order valence-electron chi connectivity index (χ2n) is 15.9. The van der Waals surface area contributed by atoms with Gasteiger partial charge in [0.05, 0.1) is 0 Å². The number of carbonyl (C=O) groups excluding carboxylic acids is 2. The SMILES string of the molecule is CCC(C)CCCCCCCCCCCCCCCCCCCCC(=O)OC[C@@H](O)COC(=O)CCCCCCCCCCCCC(C)C. The molecule has 0 rings (SSSR count). The summed E-state index contributed by atoms with van der Waals surface area (Å²) < 4.78 is 10.4. The molecule has 0 heterocycles. The van der Waals surface area contributed by atoms with Crippen molar-refractivity contribution in [3.63, 3.8) is 0 Å². The van der Waals surface area contributed by atoms with E-state index in [-0.39, 0.29) is 25.2 Å². The Balaban J connectivity index is 3.35. The highest BCUT2D eigenvalue weighted by atomic mass is 16.6. The molecule has 1 unspecified atom stereocenters. The first kappa shape index (κ1) is 47.9. The summed E-state index contributed by atoms with van der Waals surface area (Å²) in [5, 5.41) is 10.0. The van der Waals surface area contributed by atoms with Gasteiger partial charge in [0, 0.05) is 12.8 Å². The Bertz CT molecular complexity index is 693. The molecule has 0 aliphatic carbocycles. The third kappa shape index (κ3) is 39.5. The maximum Gasteiger partial charge on any atom is 0.305 e. The number of hydrogen-bond donors (Lipinski definition) is 1. The zero-order valence-electron chi connectivity index (χ0n) is 33.6. The lowest BCUT2D eigenvalue weighted by molar-refractivity contribution is -0.152. The number of ether oxygens (including phenoxy) is 2. The molecule has 0 saturated heterocycles. The zero-order chi connectivity index (χ0) is 36.0. The summed E-state index contributed by atoms with van der Waals surface area (Å²) in [7, 11) is 0. The van der Waals surface area contributed by atoms with Crippen molar-refractivity contribution < 1.29 is 24.2 Å². The van der Waals surface area contributed by atoms with Crippen LogP contribution in [0.5, 0.6) is 0 Å². The first-order chi connectivity index (χ1) is 23.8. The Labute approximate surface area is 306 Å². The Morgan fingerprint density at radius 3 is 0.980 bits per heavy atom. The number of unbranched alkanes of at least 4 members (excludes halogenated alkanes) is 26. The van der Waals surface area contributed by atoms with Crippen molar-refractivity contribution in [1.82, 2.24) is 0 Å². The minimum atomic E-state index is -0.956. The molecule has 292 valence electrons. The van der Waals surface area contributed by atoms with E-state index in [1.165, 1.54) is 173 Å². The average Bonchev–Trinajstić information content (AvgIpc) is 3.09. The molecule has 0 spiro atoms. The van der Waals surface area contributed by atoms with Crippen LogP contribution in [0.15, 0.2) is 0 Å². The van der Waals surface area contributed by atoms with Gasteiger partial charge < -0.3 is 14.6 Å². The molecule has 0 aromatic heterocycles. The maximum atomic E-state index is 12.0. The van der Waals surface area contributed by atoms with Gasteiger partial charge in [-0.1, -0.05) is 214 Å². The summed E-state index contributed by atoms with van der Waals surface area (Å²) in [6, 6.07) is 0. The van der Waals surface area contributed by atoms with E-state index in [0.717, 1.165) is 37.5 Å². The van der Waals surface area contributed by atoms with Crippen LogP contribution in [0.25, 0.3) is 0 Å². The summed E-state index contributed by atoms with van der Waals surface area (Å²) in [5.74, 6) is 1.19. The topological polar surface area (TPSA) is 72.8 Å². The van der Waals surface area contributed by atoms with Gasteiger partial charge >= 0.3 is 11.9 Å². The lowest BCUT2D eigenvalue weighted by Crippen LogP contribution is -2.25. The molecule has 0 aliphatic rings. The van der Waals surface area contributed by atoms with Crippen molar-refractivity contribution in [2.75, 3.05) is 13.2 Å². The van der Waals surface area contributed by atoms with Crippen LogP contribution in [-0.2, 0) is 19.1 Å². The van der Waals surface area contributed by atoms with Gasteiger partial charge in [-0.2, -0.15) is 0 Å². The van der Waals surface area contributed by atoms with E-state index in [1.54, 1.807) is 0 Å². The van der Waals surface area contributed by atoms with Crippen LogP contribution in [0, 0.1) is 11.8 Å². The van der Waals surface area contributed by atoms with Gasteiger partial charge in [-0.05, 0) is 24.7 Å². The fourth-order valence-electron chi connectivity index (χ4n) is 6.60. The minimum Gasteiger partial charge on any atom is -0.463 e. The van der Waals surface area contributed by atoms with Crippen LogP contribution in [0.3, 0.4) is 0 Å². The predicted molar refractivity (Wildman–Crippen MR) is 210 cm³/mol. The Morgan fingerprint density at radius 1 is 0.429 bits per heavy atom. The normalized spacial score (nSPS) is 12.8. The molecule has 5 nitrogen and oxygen atoms in total. The Kier molecular flexibility index (Phi) is 37.3. The molecule has 0 amide bonds.